The van der Waals surface area contributed by atoms with Gasteiger partial charge >= 0.3 is 0 Å². The molecule has 5 nitrogen and oxygen atoms in total. The van der Waals surface area contributed by atoms with Crippen molar-refractivity contribution >= 4 is 11.0 Å². The van der Waals surface area contributed by atoms with E-state index in [1.54, 1.807) is 13.2 Å². The minimum absolute atomic E-state index is 0.130. The highest BCUT2D eigenvalue weighted by Gasteiger charge is 2.49. The summed E-state index contributed by atoms with van der Waals surface area (Å²) in [7, 11) is 1.58. The fourth-order valence-corrected chi connectivity index (χ4v) is 5.85. The van der Waals surface area contributed by atoms with Crippen LogP contribution in [0.15, 0.2) is 18.3 Å². The van der Waals surface area contributed by atoms with E-state index in [1.165, 1.54) is 38.3 Å². The van der Waals surface area contributed by atoms with E-state index >= 15 is 0 Å². The SMILES string of the molecule is COc1ccc2ncc(F)c(CCC34CCC(NCC5CCCCC5)(CC3)CO4)c2n1. The number of aryl methyl sites for hydroxylation is 1. The maximum absolute atomic E-state index is 14.7. The highest BCUT2D eigenvalue weighted by atomic mass is 19.1. The van der Waals surface area contributed by atoms with Crippen molar-refractivity contribution in [1.29, 1.82) is 0 Å². The number of halogens is 1. The molecule has 0 amide bonds. The zero-order chi connectivity index (χ0) is 21.3. The predicted octanol–water partition coefficient (Wildman–Crippen LogP) is 4.96. The van der Waals surface area contributed by atoms with Crippen LogP contribution in [0.1, 0.15) is 69.8 Å². The van der Waals surface area contributed by atoms with E-state index in [4.69, 9.17) is 9.47 Å². The van der Waals surface area contributed by atoms with Crippen LogP contribution < -0.4 is 10.1 Å². The molecule has 31 heavy (non-hydrogen) atoms. The lowest BCUT2D eigenvalue weighted by molar-refractivity contribution is -0.165. The Morgan fingerprint density at radius 2 is 1.97 bits per heavy atom. The van der Waals surface area contributed by atoms with E-state index in [2.05, 4.69) is 15.3 Å². The second-order valence-corrected chi connectivity index (χ2v) is 9.94. The number of nitrogens with zero attached hydrogens (tertiary/aromatic N) is 2. The number of aromatic nitrogens is 2. The number of hydrogen-bond acceptors (Lipinski definition) is 5. The maximum atomic E-state index is 14.7. The number of rotatable bonds is 7. The number of nitrogens with one attached hydrogen (secondary N) is 1. The highest BCUT2D eigenvalue weighted by molar-refractivity contribution is 5.78. The van der Waals surface area contributed by atoms with Gasteiger partial charge in [0, 0.05) is 17.2 Å². The van der Waals surface area contributed by atoms with E-state index in [9.17, 15) is 4.39 Å². The quantitative estimate of drug-likeness (QED) is 0.677. The van der Waals surface area contributed by atoms with Crippen LogP contribution in [0.4, 0.5) is 4.39 Å². The molecule has 4 fully saturated rings. The van der Waals surface area contributed by atoms with Gasteiger partial charge in [-0.05, 0) is 69.9 Å². The Bertz CT molecular complexity index is 904. The van der Waals surface area contributed by atoms with Crippen LogP contribution in [0.3, 0.4) is 0 Å². The molecule has 2 bridgehead atoms. The number of hydrogen-bond donors (Lipinski definition) is 1. The van der Waals surface area contributed by atoms with Crippen LogP contribution in [0.5, 0.6) is 5.88 Å². The summed E-state index contributed by atoms with van der Waals surface area (Å²) < 4.78 is 26.4. The van der Waals surface area contributed by atoms with Gasteiger partial charge in [-0.3, -0.25) is 4.98 Å². The van der Waals surface area contributed by atoms with Gasteiger partial charge in [0.1, 0.15) is 5.82 Å². The van der Waals surface area contributed by atoms with Gasteiger partial charge in [-0.15, -0.1) is 0 Å². The van der Waals surface area contributed by atoms with Gasteiger partial charge in [0.25, 0.3) is 0 Å². The van der Waals surface area contributed by atoms with Crippen LogP contribution in [-0.4, -0.2) is 41.4 Å². The molecule has 0 aromatic carbocycles. The summed E-state index contributed by atoms with van der Waals surface area (Å²) in [6.45, 7) is 1.92. The summed E-state index contributed by atoms with van der Waals surface area (Å²) >= 11 is 0. The summed E-state index contributed by atoms with van der Waals surface area (Å²) in [5.41, 5.74) is 1.96. The molecule has 4 aliphatic rings. The summed E-state index contributed by atoms with van der Waals surface area (Å²) in [5.74, 6) is 1.03. The standard InChI is InChI=1S/C25H34FN3O2/c1-30-22-8-7-21-23(29-22)19(20(26)16-27-21)9-10-25-13-11-24(12-14-25,17-31-25)28-15-18-5-3-2-4-6-18/h7-8,16,18,28H,2-6,9-15,17H2,1H3. The van der Waals surface area contributed by atoms with E-state index in [0.29, 0.717) is 28.9 Å². The molecular weight excluding hydrogens is 393 g/mol. The largest absolute Gasteiger partial charge is 0.481 e. The Hall–Kier alpha value is -1.79. The molecule has 2 aliphatic carbocycles. The van der Waals surface area contributed by atoms with Crippen LogP contribution in [0, 0.1) is 11.7 Å². The third-order valence-electron chi connectivity index (χ3n) is 8.04. The van der Waals surface area contributed by atoms with E-state index in [1.807, 2.05) is 6.07 Å². The molecule has 1 N–H and O–H groups in total. The van der Waals surface area contributed by atoms with Crippen molar-refractivity contribution in [1.82, 2.24) is 15.3 Å². The third-order valence-corrected chi connectivity index (χ3v) is 8.04. The van der Waals surface area contributed by atoms with Gasteiger partial charge in [-0.2, -0.15) is 0 Å². The van der Waals surface area contributed by atoms with Crippen LogP contribution >= 0.6 is 0 Å². The van der Waals surface area contributed by atoms with Gasteiger partial charge in [0.15, 0.2) is 0 Å². The lowest BCUT2D eigenvalue weighted by atomic mass is 9.69. The van der Waals surface area contributed by atoms with Crippen molar-refractivity contribution in [2.45, 2.75) is 81.8 Å². The molecule has 2 aromatic heterocycles. The monoisotopic (exact) mass is 427 g/mol. The average Bonchev–Trinajstić information content (AvgIpc) is 2.84. The fraction of sp³-hybridized carbons (Fsp3) is 0.680. The second kappa shape index (κ2) is 8.62. The zero-order valence-corrected chi connectivity index (χ0v) is 18.6. The van der Waals surface area contributed by atoms with E-state index < -0.39 is 0 Å². The molecule has 2 saturated carbocycles. The first-order valence-electron chi connectivity index (χ1n) is 12.0. The number of pyridine rings is 2. The molecule has 2 aliphatic heterocycles. The Kier molecular flexibility index (Phi) is 5.86. The summed E-state index contributed by atoms with van der Waals surface area (Å²) in [5, 5.41) is 3.91. The Morgan fingerprint density at radius 1 is 1.16 bits per heavy atom. The lowest BCUT2D eigenvalue weighted by Crippen LogP contribution is -2.62. The molecule has 0 spiro atoms. The molecule has 2 saturated heterocycles. The number of ether oxygens (including phenoxy) is 2. The van der Waals surface area contributed by atoms with Crippen molar-refractivity contribution in [3.8, 4) is 5.88 Å². The first-order chi connectivity index (χ1) is 15.1. The topological polar surface area (TPSA) is 56.3 Å². The first-order valence-corrected chi connectivity index (χ1v) is 12.0. The molecule has 6 rings (SSSR count). The second-order valence-electron chi connectivity index (χ2n) is 9.94. The first kappa shape index (κ1) is 21.1. The van der Waals surface area contributed by atoms with Crippen LogP contribution in [-0.2, 0) is 11.2 Å². The van der Waals surface area contributed by atoms with E-state index in [-0.39, 0.29) is 17.0 Å². The molecule has 4 heterocycles. The van der Waals surface area contributed by atoms with Crippen molar-refractivity contribution in [3.63, 3.8) is 0 Å². The third kappa shape index (κ3) is 4.29. The normalized spacial score (nSPS) is 28.8. The predicted molar refractivity (Wildman–Crippen MR) is 119 cm³/mol. The summed E-state index contributed by atoms with van der Waals surface area (Å²) in [6.07, 6.45) is 14.1. The Labute approximate surface area is 184 Å². The molecule has 0 radical (unpaired) electrons. The van der Waals surface area contributed by atoms with Gasteiger partial charge in [0.05, 0.1) is 36.5 Å². The Balaban J connectivity index is 1.23. The number of fused-ring (bicyclic) bond motifs is 4. The maximum Gasteiger partial charge on any atom is 0.213 e. The van der Waals surface area contributed by atoms with Crippen molar-refractivity contribution < 1.29 is 13.9 Å². The van der Waals surface area contributed by atoms with Gasteiger partial charge in [-0.25, -0.2) is 9.37 Å². The number of methoxy groups -OCH3 is 1. The molecule has 6 heteroatoms. The minimum atomic E-state index is -0.292. The zero-order valence-electron chi connectivity index (χ0n) is 18.6. The lowest BCUT2D eigenvalue weighted by Gasteiger charge is -2.54. The molecule has 168 valence electrons. The fourth-order valence-electron chi connectivity index (χ4n) is 5.85. The summed E-state index contributed by atoms with van der Waals surface area (Å²) in [6, 6.07) is 3.60. The van der Waals surface area contributed by atoms with Crippen molar-refractivity contribution in [3.05, 3.63) is 29.7 Å². The van der Waals surface area contributed by atoms with Crippen molar-refractivity contribution in [2.24, 2.45) is 5.92 Å². The molecule has 2 aromatic rings. The molecule has 0 atom stereocenters. The van der Waals surface area contributed by atoms with Crippen LogP contribution in [0.2, 0.25) is 0 Å². The van der Waals surface area contributed by atoms with Gasteiger partial charge < -0.3 is 14.8 Å². The molecular formula is C25H34FN3O2. The van der Waals surface area contributed by atoms with Crippen molar-refractivity contribution in [2.75, 3.05) is 20.3 Å². The van der Waals surface area contributed by atoms with Gasteiger partial charge in [-0.1, -0.05) is 19.3 Å². The molecule has 0 unspecified atom stereocenters. The summed E-state index contributed by atoms with van der Waals surface area (Å²) in [4.78, 5) is 8.67. The average molecular weight is 428 g/mol. The Morgan fingerprint density at radius 3 is 2.68 bits per heavy atom. The highest BCUT2D eigenvalue weighted by Crippen LogP contribution is 2.46. The van der Waals surface area contributed by atoms with E-state index in [0.717, 1.165) is 51.2 Å². The van der Waals surface area contributed by atoms with Gasteiger partial charge in [0.2, 0.25) is 5.88 Å². The smallest absolute Gasteiger partial charge is 0.213 e. The van der Waals surface area contributed by atoms with Crippen LogP contribution in [0.25, 0.3) is 11.0 Å². The minimum Gasteiger partial charge on any atom is -0.481 e.